The molecular weight excluding hydrogens is 296 g/mol. The van der Waals surface area contributed by atoms with Crippen LogP contribution in [-0.2, 0) is 46.2 Å². The van der Waals surface area contributed by atoms with E-state index in [1.165, 1.54) is 11.1 Å². The molecule has 2 radical (unpaired) electrons. The molecule has 2 nitrogen and oxygen atoms in total. The summed E-state index contributed by atoms with van der Waals surface area (Å²) in [5, 5.41) is 0. The van der Waals surface area contributed by atoms with Crippen LogP contribution in [0.1, 0.15) is 6.92 Å². The van der Waals surface area contributed by atoms with E-state index in [2.05, 4.69) is 67.8 Å². The second kappa shape index (κ2) is 7.81. The third-order valence-electron chi connectivity index (χ3n) is 2.83. The topological polar surface area (TPSA) is 7.76 Å². The molecule has 2 aromatic rings. The number of hydrogen-bond donors (Lipinski definition) is 0. The summed E-state index contributed by atoms with van der Waals surface area (Å²) >= 11 is 0. The average molecular weight is 314 g/mol. The Hall–Kier alpha value is -0.531. The summed E-state index contributed by atoms with van der Waals surface area (Å²) in [6, 6.07) is 8.60. The van der Waals surface area contributed by atoms with E-state index in [1.807, 2.05) is 11.6 Å². The Bertz CT molecular complexity index is 468. The van der Waals surface area contributed by atoms with Gasteiger partial charge >= 0.3 is 0 Å². The van der Waals surface area contributed by atoms with Crippen LogP contribution in [0.3, 0.4) is 0 Å². The van der Waals surface area contributed by atoms with E-state index in [0.717, 1.165) is 12.8 Å². The van der Waals surface area contributed by atoms with Crippen molar-refractivity contribution in [2.45, 2.75) is 19.7 Å². The molecule has 18 heavy (non-hydrogen) atoms. The van der Waals surface area contributed by atoms with Gasteiger partial charge in [0.1, 0.15) is 13.5 Å². The summed E-state index contributed by atoms with van der Waals surface area (Å²) in [4.78, 5) is 0. The van der Waals surface area contributed by atoms with E-state index >= 15 is 0 Å². The Balaban J connectivity index is 0.00000162. The van der Waals surface area contributed by atoms with Crippen molar-refractivity contribution in [3.05, 3.63) is 49.1 Å². The summed E-state index contributed by atoms with van der Waals surface area (Å²) in [6.45, 7) is 2.17. The fraction of sp³-hybridized carbons (Fsp3) is 0.286. The monoisotopic (exact) mass is 314 g/mol. The zero-order valence-electron chi connectivity index (χ0n) is 11.1. The molecule has 0 saturated heterocycles. The maximum absolute atomic E-state index is 2.27. The van der Waals surface area contributed by atoms with Crippen molar-refractivity contribution >= 4 is 7.28 Å². The first kappa shape index (κ1) is 15.5. The Morgan fingerprint density at radius 3 is 1.94 bits per heavy atom. The van der Waals surface area contributed by atoms with Gasteiger partial charge in [0.2, 0.25) is 7.28 Å². The predicted octanol–water partition coefficient (Wildman–Crippen LogP) is 1.56. The van der Waals surface area contributed by atoms with Crippen molar-refractivity contribution in [1.82, 2.24) is 0 Å². The Labute approximate surface area is 135 Å². The largest absolute Gasteiger partial charge is 0.214 e. The van der Waals surface area contributed by atoms with Gasteiger partial charge in [0, 0.05) is 57.0 Å². The van der Waals surface area contributed by atoms with E-state index in [4.69, 9.17) is 0 Å². The number of hydrogen-bond acceptors (Lipinski definition) is 0. The summed E-state index contributed by atoms with van der Waals surface area (Å²) in [5.41, 5.74) is 2.52. The summed E-state index contributed by atoms with van der Waals surface area (Å²) < 4.78 is 4.23. The molecule has 0 amide bonds. The Kier molecular flexibility index (Phi) is 6.73. The van der Waals surface area contributed by atoms with Gasteiger partial charge in [0.25, 0.3) is 0 Å². The number of rotatable bonds is 4. The molecule has 0 spiro atoms. The second-order valence-electron chi connectivity index (χ2n) is 4.23. The van der Waals surface area contributed by atoms with E-state index in [-0.39, 0.29) is 32.7 Å². The van der Waals surface area contributed by atoms with Gasteiger partial charge in [-0.05, 0) is 11.1 Å². The molecule has 0 aromatic carbocycles. The van der Waals surface area contributed by atoms with Crippen LogP contribution in [0.2, 0.25) is 6.32 Å². The van der Waals surface area contributed by atoms with E-state index < -0.39 is 0 Å². The van der Waals surface area contributed by atoms with Crippen molar-refractivity contribution in [3.8, 4) is 11.1 Å². The molecule has 2 rings (SSSR count). The fourth-order valence-corrected chi connectivity index (χ4v) is 1.74. The molecule has 0 unspecified atom stereocenters. The van der Waals surface area contributed by atoms with Crippen molar-refractivity contribution < 1.29 is 41.8 Å². The SMILES string of the molecule is CC[B]C[n+]1ccc(-c2cc[n+](C)cc2)cc1.[Y]. The van der Waals surface area contributed by atoms with Crippen LogP contribution in [0, 0.1) is 0 Å². The minimum atomic E-state index is 0. The van der Waals surface area contributed by atoms with Crippen LogP contribution in [0.25, 0.3) is 11.1 Å². The van der Waals surface area contributed by atoms with E-state index in [1.54, 1.807) is 0 Å². The molecule has 2 aromatic heterocycles. The number of aryl methyl sites for hydroxylation is 1. The first-order valence-corrected chi connectivity index (χ1v) is 6.06. The molecule has 88 valence electrons. The smallest absolute Gasteiger partial charge is 0.200 e. The molecule has 0 aliphatic carbocycles. The van der Waals surface area contributed by atoms with Gasteiger partial charge in [0.15, 0.2) is 24.8 Å². The molecule has 0 aliphatic heterocycles. The van der Waals surface area contributed by atoms with Crippen LogP contribution in [0.5, 0.6) is 0 Å². The van der Waals surface area contributed by atoms with E-state index in [9.17, 15) is 0 Å². The number of aromatic nitrogens is 2. The van der Waals surface area contributed by atoms with Crippen LogP contribution >= 0.6 is 0 Å². The molecule has 4 heteroatoms. The molecule has 0 atom stereocenters. The van der Waals surface area contributed by atoms with Crippen molar-refractivity contribution in [3.63, 3.8) is 0 Å². The molecule has 2 heterocycles. The number of nitrogens with zero attached hydrogens (tertiary/aromatic N) is 2. The molecule has 0 N–H and O–H groups in total. The van der Waals surface area contributed by atoms with Gasteiger partial charge in [-0.15, -0.1) is 0 Å². The van der Waals surface area contributed by atoms with Crippen LogP contribution in [-0.4, -0.2) is 7.28 Å². The third kappa shape index (κ3) is 4.29. The van der Waals surface area contributed by atoms with Crippen molar-refractivity contribution in [2.24, 2.45) is 7.05 Å². The van der Waals surface area contributed by atoms with Gasteiger partial charge in [0.05, 0.1) is 0 Å². The molecule has 0 bridgehead atoms. The van der Waals surface area contributed by atoms with Crippen molar-refractivity contribution in [1.29, 1.82) is 0 Å². The zero-order chi connectivity index (χ0) is 12.1. The average Bonchev–Trinajstić information content (AvgIpc) is 2.38. The first-order chi connectivity index (χ1) is 8.29. The van der Waals surface area contributed by atoms with Crippen LogP contribution < -0.4 is 9.13 Å². The summed E-state index contributed by atoms with van der Waals surface area (Å²) in [7, 11) is 4.30. The normalized spacial score (nSPS) is 9.67. The molecule has 0 fully saturated rings. The number of pyridine rings is 2. The first-order valence-electron chi connectivity index (χ1n) is 6.06. The van der Waals surface area contributed by atoms with Crippen LogP contribution in [0.4, 0.5) is 0 Å². The maximum atomic E-state index is 2.27. The third-order valence-corrected chi connectivity index (χ3v) is 2.83. The Morgan fingerprint density at radius 2 is 1.44 bits per heavy atom. The van der Waals surface area contributed by atoms with Gasteiger partial charge in [-0.1, -0.05) is 13.2 Å². The standard InChI is InChI=1S/C14H18BN2.Y/c1-3-15-12-17-10-6-14(7-11-17)13-4-8-16(2)9-5-13;/h4-11H,3,12H2,1-2H3;/q+2;. The van der Waals surface area contributed by atoms with Gasteiger partial charge in [-0.3, -0.25) is 0 Å². The summed E-state index contributed by atoms with van der Waals surface area (Å²) in [6.07, 6.45) is 10.5. The maximum Gasteiger partial charge on any atom is 0.200 e. The Morgan fingerprint density at radius 1 is 0.944 bits per heavy atom. The van der Waals surface area contributed by atoms with Gasteiger partial charge in [-0.2, -0.15) is 0 Å². The van der Waals surface area contributed by atoms with Crippen molar-refractivity contribution in [2.75, 3.05) is 0 Å². The van der Waals surface area contributed by atoms with Gasteiger partial charge < -0.3 is 0 Å². The zero-order valence-corrected chi connectivity index (χ0v) is 13.9. The molecule has 0 aliphatic rings. The minimum Gasteiger partial charge on any atom is -0.214 e. The predicted molar refractivity (Wildman–Crippen MR) is 69.5 cm³/mol. The molecular formula is C14H18BN2Y+2. The van der Waals surface area contributed by atoms with E-state index in [0.29, 0.717) is 0 Å². The quantitative estimate of drug-likeness (QED) is 0.598. The molecule has 0 saturated carbocycles. The van der Waals surface area contributed by atoms with Gasteiger partial charge in [-0.25, -0.2) is 9.13 Å². The minimum absolute atomic E-state index is 0. The van der Waals surface area contributed by atoms with Crippen LogP contribution in [0.15, 0.2) is 49.1 Å². The fourth-order valence-electron chi connectivity index (χ4n) is 1.74. The summed E-state index contributed by atoms with van der Waals surface area (Å²) in [5.74, 6) is 0. The second-order valence-corrected chi connectivity index (χ2v) is 4.23.